The highest BCUT2D eigenvalue weighted by Crippen LogP contribution is 2.56. The fraction of sp³-hybridized carbons (Fsp3) is 1.00. The summed E-state index contributed by atoms with van der Waals surface area (Å²) in [7, 11) is 0. The molecule has 3 saturated carbocycles. The van der Waals surface area contributed by atoms with E-state index in [0.29, 0.717) is 0 Å². The van der Waals surface area contributed by atoms with Gasteiger partial charge in [-0.15, -0.1) is 0 Å². The lowest BCUT2D eigenvalue weighted by molar-refractivity contribution is 0.312. The Labute approximate surface area is 74.9 Å². The highest BCUT2D eigenvalue weighted by Gasteiger charge is 2.54. The molecule has 0 aromatic rings. The van der Waals surface area contributed by atoms with Crippen LogP contribution in [0.3, 0.4) is 0 Å². The van der Waals surface area contributed by atoms with E-state index in [9.17, 15) is 0 Å². The van der Waals surface area contributed by atoms with Gasteiger partial charge in [0.15, 0.2) is 0 Å². The summed E-state index contributed by atoms with van der Waals surface area (Å²) in [6.07, 6.45) is 12.0. The van der Waals surface area contributed by atoms with E-state index in [1.165, 1.54) is 51.4 Å². The zero-order chi connectivity index (χ0) is 8.02. The van der Waals surface area contributed by atoms with Crippen molar-refractivity contribution in [2.24, 2.45) is 5.41 Å². The van der Waals surface area contributed by atoms with E-state index >= 15 is 0 Å². The maximum absolute atomic E-state index is 3.79. The van der Waals surface area contributed by atoms with Crippen LogP contribution < -0.4 is 5.32 Å². The van der Waals surface area contributed by atoms with Gasteiger partial charge in [0.05, 0.1) is 0 Å². The normalized spacial score (nSPS) is 38.5. The molecule has 1 spiro atoms. The molecule has 0 amide bonds. The average molecular weight is 165 g/mol. The summed E-state index contributed by atoms with van der Waals surface area (Å²) in [6, 6.07) is 1.86. The van der Waals surface area contributed by atoms with Gasteiger partial charge >= 0.3 is 0 Å². The van der Waals surface area contributed by atoms with Crippen molar-refractivity contribution in [2.75, 3.05) is 0 Å². The van der Waals surface area contributed by atoms with Crippen LogP contribution in [0, 0.1) is 5.41 Å². The molecule has 0 aromatic heterocycles. The molecule has 0 aliphatic heterocycles. The van der Waals surface area contributed by atoms with Crippen LogP contribution in [0.25, 0.3) is 0 Å². The van der Waals surface area contributed by atoms with Crippen LogP contribution >= 0.6 is 0 Å². The molecule has 3 aliphatic rings. The molecule has 1 unspecified atom stereocenters. The van der Waals surface area contributed by atoms with Crippen molar-refractivity contribution < 1.29 is 0 Å². The Hall–Kier alpha value is -0.0400. The molecule has 0 radical (unpaired) electrons. The van der Waals surface area contributed by atoms with Crippen LogP contribution in [0.4, 0.5) is 0 Å². The first-order valence-electron chi connectivity index (χ1n) is 5.65. The van der Waals surface area contributed by atoms with Crippen molar-refractivity contribution in [3.05, 3.63) is 0 Å². The third kappa shape index (κ3) is 1.19. The zero-order valence-electron chi connectivity index (χ0n) is 7.81. The van der Waals surface area contributed by atoms with Crippen LogP contribution in [0.5, 0.6) is 0 Å². The van der Waals surface area contributed by atoms with E-state index in [4.69, 9.17) is 0 Å². The van der Waals surface area contributed by atoms with Gasteiger partial charge in [-0.25, -0.2) is 0 Å². The van der Waals surface area contributed by atoms with Crippen molar-refractivity contribution >= 4 is 0 Å². The van der Waals surface area contributed by atoms with E-state index in [-0.39, 0.29) is 0 Å². The number of nitrogens with one attached hydrogen (secondary N) is 1. The summed E-state index contributed by atoms with van der Waals surface area (Å²) in [4.78, 5) is 0. The molecule has 1 nitrogen and oxygen atoms in total. The largest absolute Gasteiger partial charge is 0.311 e. The van der Waals surface area contributed by atoms with Gasteiger partial charge in [0.1, 0.15) is 0 Å². The summed E-state index contributed by atoms with van der Waals surface area (Å²) >= 11 is 0. The minimum atomic E-state index is 0.806. The van der Waals surface area contributed by atoms with Crippen molar-refractivity contribution in [3.63, 3.8) is 0 Å². The van der Waals surface area contributed by atoms with Crippen molar-refractivity contribution in [2.45, 2.75) is 63.5 Å². The summed E-state index contributed by atoms with van der Waals surface area (Å²) in [5, 5.41) is 3.79. The standard InChI is InChI=1S/C11H19N/c1-2-6-11(7-3-1)8-10(11)12-9-4-5-9/h9-10,12H,1-8H2. The molecule has 68 valence electrons. The molecule has 0 aromatic carbocycles. The lowest BCUT2D eigenvalue weighted by Crippen LogP contribution is -2.26. The maximum atomic E-state index is 3.79. The topological polar surface area (TPSA) is 12.0 Å². The van der Waals surface area contributed by atoms with E-state index in [0.717, 1.165) is 17.5 Å². The first-order chi connectivity index (χ1) is 5.89. The zero-order valence-corrected chi connectivity index (χ0v) is 7.81. The Bertz CT molecular complexity index is 177. The van der Waals surface area contributed by atoms with Gasteiger partial charge in [-0.05, 0) is 37.5 Å². The lowest BCUT2D eigenvalue weighted by atomic mass is 9.86. The lowest BCUT2D eigenvalue weighted by Gasteiger charge is -2.22. The predicted octanol–water partition coefficient (Wildman–Crippen LogP) is 2.46. The summed E-state index contributed by atoms with van der Waals surface area (Å²) in [5.41, 5.74) is 0.806. The van der Waals surface area contributed by atoms with Gasteiger partial charge in [-0.2, -0.15) is 0 Å². The second kappa shape index (κ2) is 2.47. The Balaban J connectivity index is 1.56. The molecule has 1 N–H and O–H groups in total. The second-order valence-corrected chi connectivity index (χ2v) is 5.12. The van der Waals surface area contributed by atoms with E-state index < -0.39 is 0 Å². The van der Waals surface area contributed by atoms with E-state index in [1.807, 2.05) is 0 Å². The fourth-order valence-corrected chi connectivity index (χ4v) is 2.93. The van der Waals surface area contributed by atoms with Crippen LogP contribution in [-0.2, 0) is 0 Å². The first-order valence-corrected chi connectivity index (χ1v) is 5.65. The third-order valence-electron chi connectivity index (χ3n) is 4.05. The van der Waals surface area contributed by atoms with Crippen molar-refractivity contribution in [1.82, 2.24) is 5.32 Å². The molecular weight excluding hydrogens is 146 g/mol. The minimum Gasteiger partial charge on any atom is -0.311 e. The Morgan fingerprint density at radius 1 is 1.00 bits per heavy atom. The van der Waals surface area contributed by atoms with Gasteiger partial charge in [0.25, 0.3) is 0 Å². The second-order valence-electron chi connectivity index (χ2n) is 5.12. The summed E-state index contributed by atoms with van der Waals surface area (Å²) in [5.74, 6) is 0. The summed E-state index contributed by atoms with van der Waals surface area (Å²) < 4.78 is 0. The highest BCUT2D eigenvalue weighted by molar-refractivity contribution is 5.10. The van der Waals surface area contributed by atoms with Gasteiger partial charge in [0.2, 0.25) is 0 Å². The number of hydrogen-bond donors (Lipinski definition) is 1. The molecule has 3 rings (SSSR count). The van der Waals surface area contributed by atoms with Gasteiger partial charge < -0.3 is 5.32 Å². The molecule has 12 heavy (non-hydrogen) atoms. The highest BCUT2D eigenvalue weighted by atomic mass is 15.1. The summed E-state index contributed by atoms with van der Waals surface area (Å²) in [6.45, 7) is 0. The molecule has 3 fully saturated rings. The van der Waals surface area contributed by atoms with Gasteiger partial charge in [0, 0.05) is 12.1 Å². The molecule has 1 atom stereocenters. The van der Waals surface area contributed by atoms with Gasteiger partial charge in [-0.1, -0.05) is 19.3 Å². The van der Waals surface area contributed by atoms with Crippen molar-refractivity contribution in [1.29, 1.82) is 0 Å². The third-order valence-corrected chi connectivity index (χ3v) is 4.05. The molecule has 1 heteroatoms. The maximum Gasteiger partial charge on any atom is 0.0133 e. The monoisotopic (exact) mass is 165 g/mol. The van der Waals surface area contributed by atoms with E-state index in [1.54, 1.807) is 0 Å². The molecule has 0 heterocycles. The van der Waals surface area contributed by atoms with Crippen molar-refractivity contribution in [3.8, 4) is 0 Å². The molecule has 3 aliphatic carbocycles. The Kier molecular flexibility index (Phi) is 1.52. The Morgan fingerprint density at radius 2 is 1.75 bits per heavy atom. The quantitative estimate of drug-likeness (QED) is 0.662. The van der Waals surface area contributed by atoms with Crippen LogP contribution in [0.15, 0.2) is 0 Å². The SMILES string of the molecule is C1CCC2(CC1)CC2NC1CC1. The Morgan fingerprint density at radius 3 is 2.42 bits per heavy atom. The van der Waals surface area contributed by atoms with Crippen LogP contribution in [0.1, 0.15) is 51.4 Å². The first kappa shape index (κ1) is 7.37. The minimum absolute atomic E-state index is 0.806. The number of rotatable bonds is 2. The van der Waals surface area contributed by atoms with E-state index in [2.05, 4.69) is 5.32 Å². The van der Waals surface area contributed by atoms with Gasteiger partial charge in [-0.3, -0.25) is 0 Å². The number of hydrogen-bond acceptors (Lipinski definition) is 1. The van der Waals surface area contributed by atoms with Crippen LogP contribution in [-0.4, -0.2) is 12.1 Å². The van der Waals surface area contributed by atoms with Crippen LogP contribution in [0.2, 0.25) is 0 Å². The smallest absolute Gasteiger partial charge is 0.0133 e. The predicted molar refractivity (Wildman–Crippen MR) is 50.1 cm³/mol. The molecular formula is C11H19N. The fourth-order valence-electron chi connectivity index (χ4n) is 2.93. The molecule has 0 bridgehead atoms. The molecule has 0 saturated heterocycles. The average Bonchev–Trinajstić information content (AvgIpc) is 2.97.